The molecule has 6 heteroatoms. The van der Waals surface area contributed by atoms with Gasteiger partial charge >= 0.3 is 11.9 Å². The average Bonchev–Trinajstić information content (AvgIpc) is 2.46. The third kappa shape index (κ3) is 3.53. The summed E-state index contributed by atoms with van der Waals surface area (Å²) in [6, 6.07) is 10.0. The van der Waals surface area contributed by atoms with Gasteiger partial charge in [0.05, 0.1) is 5.56 Å². The molecule has 0 radical (unpaired) electrons. The summed E-state index contributed by atoms with van der Waals surface area (Å²) in [6.45, 7) is -1.12. The van der Waals surface area contributed by atoms with Gasteiger partial charge in [0.15, 0.2) is 6.61 Å². The maximum absolute atomic E-state index is 13.8. The number of benzene rings is 2. The van der Waals surface area contributed by atoms with Crippen molar-refractivity contribution in [1.82, 2.24) is 0 Å². The Morgan fingerprint density at radius 2 is 1.81 bits per heavy atom. The summed E-state index contributed by atoms with van der Waals surface area (Å²) in [6.07, 6.45) is 0. The molecule has 2 aromatic rings. The predicted octanol–water partition coefficient (Wildman–Crippen LogP) is 3.36. The number of nitrogens with two attached hydrogens (primary N) is 1. The van der Waals surface area contributed by atoms with E-state index in [0.29, 0.717) is 0 Å². The molecule has 2 N–H and O–H groups in total. The van der Waals surface area contributed by atoms with Crippen molar-refractivity contribution in [2.45, 2.75) is 5.92 Å². The molecule has 0 spiro atoms. The minimum Gasteiger partial charge on any atom is -0.455 e. The van der Waals surface area contributed by atoms with E-state index in [2.05, 4.69) is 4.74 Å². The number of anilines is 1. The number of hydrogen-bond donors (Lipinski definition) is 1. The fourth-order valence-corrected chi connectivity index (χ4v) is 1.72. The minimum absolute atomic E-state index is 0.153. The predicted molar refractivity (Wildman–Crippen MR) is 71.4 cm³/mol. The first-order chi connectivity index (χ1) is 9.90. The Balaban J connectivity index is 2.07. The van der Waals surface area contributed by atoms with Gasteiger partial charge in [-0.15, -0.1) is 0 Å². The molecule has 21 heavy (non-hydrogen) atoms. The maximum Gasteiger partial charge on any atom is 0.340 e. The summed E-state index contributed by atoms with van der Waals surface area (Å²) in [5.74, 6) is -4.96. The number of carbonyl (C=O) groups excluding carboxylic acids is 1. The number of ether oxygens (including phenoxy) is 1. The van der Waals surface area contributed by atoms with Crippen LogP contribution in [0.3, 0.4) is 0 Å². The fourth-order valence-electron chi connectivity index (χ4n) is 1.72. The van der Waals surface area contributed by atoms with Crippen LogP contribution in [0.5, 0.6) is 0 Å². The van der Waals surface area contributed by atoms with Crippen molar-refractivity contribution in [1.29, 1.82) is 0 Å². The van der Waals surface area contributed by atoms with E-state index in [1.807, 2.05) is 0 Å². The Labute approximate surface area is 119 Å². The normalized spacial score (nSPS) is 11.2. The zero-order valence-corrected chi connectivity index (χ0v) is 10.9. The van der Waals surface area contributed by atoms with Gasteiger partial charge in [-0.25, -0.2) is 9.18 Å². The highest BCUT2D eigenvalue weighted by molar-refractivity contribution is 5.95. The molecule has 0 aromatic heterocycles. The van der Waals surface area contributed by atoms with Crippen molar-refractivity contribution >= 4 is 11.7 Å². The molecule has 0 aliphatic carbocycles. The number of nitrogen functional groups attached to an aromatic ring is 1. The van der Waals surface area contributed by atoms with Crippen molar-refractivity contribution < 1.29 is 22.7 Å². The molecule has 0 bridgehead atoms. The first-order valence-corrected chi connectivity index (χ1v) is 6.05. The summed E-state index contributed by atoms with van der Waals surface area (Å²) in [7, 11) is 0. The Morgan fingerprint density at radius 3 is 2.43 bits per heavy atom. The summed E-state index contributed by atoms with van der Waals surface area (Å²) in [5, 5.41) is 0. The van der Waals surface area contributed by atoms with E-state index in [-0.39, 0.29) is 16.8 Å². The molecule has 110 valence electrons. The van der Waals surface area contributed by atoms with E-state index >= 15 is 0 Å². The number of alkyl halides is 2. The van der Waals surface area contributed by atoms with Crippen LogP contribution in [-0.2, 0) is 10.7 Å². The smallest absolute Gasteiger partial charge is 0.340 e. The summed E-state index contributed by atoms with van der Waals surface area (Å²) in [5.41, 5.74) is 4.87. The summed E-state index contributed by atoms with van der Waals surface area (Å²) in [4.78, 5) is 11.7. The average molecular weight is 295 g/mol. The van der Waals surface area contributed by atoms with Crippen molar-refractivity contribution in [2.75, 3.05) is 12.3 Å². The number of halogens is 3. The van der Waals surface area contributed by atoms with Crippen LogP contribution in [0.15, 0.2) is 48.5 Å². The second kappa shape index (κ2) is 5.87. The molecule has 2 rings (SSSR count). The highest BCUT2D eigenvalue weighted by Gasteiger charge is 2.33. The third-order valence-electron chi connectivity index (χ3n) is 2.81. The van der Waals surface area contributed by atoms with Gasteiger partial charge in [0.1, 0.15) is 5.82 Å². The highest BCUT2D eigenvalue weighted by Crippen LogP contribution is 2.28. The second-order valence-electron chi connectivity index (χ2n) is 4.38. The van der Waals surface area contributed by atoms with Gasteiger partial charge in [-0.05, 0) is 18.2 Å². The van der Waals surface area contributed by atoms with Gasteiger partial charge in [-0.1, -0.05) is 30.3 Å². The van der Waals surface area contributed by atoms with Crippen LogP contribution in [0.2, 0.25) is 0 Å². The van der Waals surface area contributed by atoms with E-state index in [1.54, 1.807) is 6.07 Å². The quantitative estimate of drug-likeness (QED) is 0.695. The number of rotatable bonds is 4. The zero-order chi connectivity index (χ0) is 15.5. The lowest BCUT2D eigenvalue weighted by Gasteiger charge is -2.17. The van der Waals surface area contributed by atoms with Gasteiger partial charge in [0.25, 0.3) is 0 Å². The van der Waals surface area contributed by atoms with Gasteiger partial charge in [0.2, 0.25) is 0 Å². The van der Waals surface area contributed by atoms with Crippen molar-refractivity contribution in [2.24, 2.45) is 0 Å². The molecule has 0 atom stereocenters. The first kappa shape index (κ1) is 14.9. The molecule has 2 aromatic carbocycles. The zero-order valence-electron chi connectivity index (χ0n) is 10.9. The summed E-state index contributed by atoms with van der Waals surface area (Å²) >= 11 is 0. The van der Waals surface area contributed by atoms with E-state index in [0.717, 1.165) is 18.2 Å². The monoisotopic (exact) mass is 295 g/mol. The van der Waals surface area contributed by atoms with Crippen LogP contribution >= 0.6 is 0 Å². The van der Waals surface area contributed by atoms with Crippen LogP contribution in [0.25, 0.3) is 0 Å². The SMILES string of the molecule is Nc1cc(F)ccc1C(=O)OCC(F)(F)c1ccccc1. The Hall–Kier alpha value is -2.50. The molecule has 3 nitrogen and oxygen atoms in total. The third-order valence-corrected chi connectivity index (χ3v) is 2.81. The topological polar surface area (TPSA) is 52.3 Å². The molecule has 0 unspecified atom stereocenters. The molecular formula is C15H12F3NO2. The standard InChI is InChI=1S/C15H12F3NO2/c16-11-6-7-12(13(19)8-11)14(20)21-9-15(17,18)10-4-2-1-3-5-10/h1-8H,9,19H2. The maximum atomic E-state index is 13.8. The molecule has 0 heterocycles. The van der Waals surface area contributed by atoms with Crippen molar-refractivity contribution in [3.63, 3.8) is 0 Å². The number of esters is 1. The van der Waals surface area contributed by atoms with Gasteiger partial charge in [0, 0.05) is 11.3 Å². The Morgan fingerprint density at radius 1 is 1.14 bits per heavy atom. The first-order valence-electron chi connectivity index (χ1n) is 6.05. The molecule has 0 amide bonds. The largest absolute Gasteiger partial charge is 0.455 e. The molecule has 0 aliphatic rings. The van der Waals surface area contributed by atoms with Crippen LogP contribution in [0.4, 0.5) is 18.9 Å². The highest BCUT2D eigenvalue weighted by atomic mass is 19.3. The van der Waals surface area contributed by atoms with Crippen molar-refractivity contribution in [3.05, 3.63) is 65.5 Å². The molecule has 0 fully saturated rings. The minimum atomic E-state index is -3.31. The Kier molecular flexibility index (Phi) is 4.16. The molecule has 0 saturated heterocycles. The lowest BCUT2D eigenvalue weighted by atomic mass is 10.1. The van der Waals surface area contributed by atoms with E-state index in [1.165, 1.54) is 24.3 Å². The second-order valence-corrected chi connectivity index (χ2v) is 4.38. The van der Waals surface area contributed by atoms with Gasteiger partial charge in [-0.3, -0.25) is 0 Å². The summed E-state index contributed by atoms with van der Waals surface area (Å²) < 4.78 is 45.1. The number of carbonyl (C=O) groups is 1. The van der Waals surface area contributed by atoms with Crippen LogP contribution < -0.4 is 5.73 Å². The molecule has 0 saturated carbocycles. The lowest BCUT2D eigenvalue weighted by molar-refractivity contribution is -0.0661. The molecule has 0 aliphatic heterocycles. The van der Waals surface area contributed by atoms with E-state index in [4.69, 9.17) is 5.73 Å². The Bertz CT molecular complexity index is 645. The van der Waals surface area contributed by atoms with Crippen LogP contribution in [0, 0.1) is 5.82 Å². The van der Waals surface area contributed by atoms with E-state index in [9.17, 15) is 18.0 Å². The van der Waals surface area contributed by atoms with Gasteiger partial charge < -0.3 is 10.5 Å². The fraction of sp³-hybridized carbons (Fsp3) is 0.133. The van der Waals surface area contributed by atoms with Gasteiger partial charge in [-0.2, -0.15) is 8.78 Å². The van der Waals surface area contributed by atoms with Crippen LogP contribution in [0.1, 0.15) is 15.9 Å². The van der Waals surface area contributed by atoms with E-state index < -0.39 is 24.3 Å². The van der Waals surface area contributed by atoms with Crippen LogP contribution in [-0.4, -0.2) is 12.6 Å². The molecular weight excluding hydrogens is 283 g/mol. The lowest BCUT2D eigenvalue weighted by Crippen LogP contribution is -2.23. The number of hydrogen-bond acceptors (Lipinski definition) is 3. The van der Waals surface area contributed by atoms with Crippen molar-refractivity contribution in [3.8, 4) is 0 Å².